The molecule has 0 amide bonds. The van der Waals surface area contributed by atoms with Crippen LogP contribution in [0.25, 0.3) is 11.1 Å². The summed E-state index contributed by atoms with van der Waals surface area (Å²) in [6.07, 6.45) is 1.90. The molecule has 4 heteroatoms. The second kappa shape index (κ2) is 4.52. The molecule has 2 aromatic carbocycles. The van der Waals surface area contributed by atoms with E-state index in [4.69, 9.17) is 4.52 Å². The van der Waals surface area contributed by atoms with E-state index in [2.05, 4.69) is 6.92 Å². The van der Waals surface area contributed by atoms with Crippen LogP contribution in [0.2, 0.25) is 0 Å². The Hall–Kier alpha value is -1.57. The molecule has 3 nitrogen and oxygen atoms in total. The van der Waals surface area contributed by atoms with Crippen LogP contribution in [0, 0.1) is 0 Å². The van der Waals surface area contributed by atoms with Crippen LogP contribution in [0.3, 0.4) is 0 Å². The molecule has 0 radical (unpaired) electrons. The fraction of sp³-hybridized carbons (Fsp3) is 0.200. The topological polar surface area (TPSA) is 46.5 Å². The molecule has 1 aliphatic rings. The molecule has 1 aliphatic heterocycles. The van der Waals surface area contributed by atoms with Gasteiger partial charge < -0.3 is 9.42 Å². The van der Waals surface area contributed by atoms with Gasteiger partial charge in [-0.2, -0.15) is 0 Å². The number of fused-ring (bicyclic) bond motifs is 3. The smallest absolute Gasteiger partial charge is 0.408 e. The average Bonchev–Trinajstić information content (AvgIpc) is 2.39. The summed E-state index contributed by atoms with van der Waals surface area (Å²) in [5, 5.41) is 0.414. The molecule has 1 atom stereocenters. The third-order valence-electron chi connectivity index (χ3n) is 3.30. The van der Waals surface area contributed by atoms with Crippen LogP contribution in [0.15, 0.2) is 42.5 Å². The van der Waals surface area contributed by atoms with Crippen molar-refractivity contribution in [2.45, 2.75) is 19.8 Å². The summed E-state index contributed by atoms with van der Waals surface area (Å²) in [4.78, 5) is 10.1. The molecular weight excluding hydrogens is 259 g/mol. The fourth-order valence-electron chi connectivity index (χ4n) is 2.43. The highest BCUT2D eigenvalue weighted by molar-refractivity contribution is 7.62. The van der Waals surface area contributed by atoms with Gasteiger partial charge in [0.2, 0.25) is 0 Å². The van der Waals surface area contributed by atoms with Gasteiger partial charge >= 0.3 is 7.60 Å². The maximum absolute atomic E-state index is 12.3. The van der Waals surface area contributed by atoms with Crippen LogP contribution >= 0.6 is 7.60 Å². The van der Waals surface area contributed by atoms with Crippen LogP contribution in [0.5, 0.6) is 5.75 Å². The van der Waals surface area contributed by atoms with Crippen LogP contribution < -0.4 is 9.83 Å². The molecule has 0 saturated carbocycles. The van der Waals surface area contributed by atoms with Crippen molar-refractivity contribution in [2.24, 2.45) is 0 Å². The molecule has 0 aromatic heterocycles. The van der Waals surface area contributed by atoms with Crippen LogP contribution in [0.4, 0.5) is 0 Å². The molecule has 3 rings (SSSR count). The Balaban J connectivity index is 2.23. The van der Waals surface area contributed by atoms with E-state index in [9.17, 15) is 9.46 Å². The van der Waals surface area contributed by atoms with Crippen molar-refractivity contribution in [1.29, 1.82) is 0 Å². The summed E-state index contributed by atoms with van der Waals surface area (Å²) >= 11 is 0. The third-order valence-corrected chi connectivity index (χ3v) is 4.73. The lowest BCUT2D eigenvalue weighted by Crippen LogP contribution is -2.17. The Morgan fingerprint density at radius 3 is 2.74 bits per heavy atom. The molecule has 1 N–H and O–H groups in total. The standard InChI is InChI=1S/C15H15O3P/c1-2-5-11-8-9-13-12-6-3-4-7-14(12)18-19(16,17)15(13)10-11/h3-4,6-10H,2,5H2,1H3,(H,16,17). The lowest BCUT2D eigenvalue weighted by molar-refractivity contribution is 0.392. The Labute approximate surface area is 112 Å². The lowest BCUT2D eigenvalue weighted by atomic mass is 10.0. The first-order valence-corrected chi connectivity index (χ1v) is 7.95. The maximum atomic E-state index is 12.3. The highest BCUT2D eigenvalue weighted by atomic mass is 31.2. The van der Waals surface area contributed by atoms with Gasteiger partial charge in [0.05, 0.1) is 5.30 Å². The molecule has 1 unspecified atom stereocenters. The zero-order valence-electron chi connectivity index (χ0n) is 10.7. The van der Waals surface area contributed by atoms with E-state index in [1.54, 1.807) is 18.2 Å². The molecular formula is C15H15O3P. The van der Waals surface area contributed by atoms with Crippen LogP contribution in [-0.2, 0) is 11.0 Å². The van der Waals surface area contributed by atoms with E-state index in [0.29, 0.717) is 11.1 Å². The molecule has 1 heterocycles. The predicted octanol–water partition coefficient (Wildman–Crippen LogP) is 3.51. The van der Waals surface area contributed by atoms with E-state index in [1.165, 1.54) is 0 Å². The summed E-state index contributed by atoms with van der Waals surface area (Å²) in [5.74, 6) is 0.476. The highest BCUT2D eigenvalue weighted by Crippen LogP contribution is 2.51. The SMILES string of the molecule is CCCc1ccc2c(c1)P(=O)(O)Oc1ccccc1-2. The van der Waals surface area contributed by atoms with Gasteiger partial charge in [-0.25, -0.2) is 4.57 Å². The normalized spacial score (nSPS) is 20.3. The van der Waals surface area contributed by atoms with Crippen molar-refractivity contribution in [3.05, 3.63) is 48.0 Å². The molecule has 2 aromatic rings. The zero-order chi connectivity index (χ0) is 13.5. The van der Waals surface area contributed by atoms with Gasteiger partial charge in [0.15, 0.2) is 0 Å². The van der Waals surface area contributed by atoms with Crippen molar-refractivity contribution < 1.29 is 14.0 Å². The van der Waals surface area contributed by atoms with Crippen molar-refractivity contribution >= 4 is 12.9 Å². The van der Waals surface area contributed by atoms with E-state index in [0.717, 1.165) is 29.5 Å². The summed E-state index contributed by atoms with van der Waals surface area (Å²) in [7, 11) is -3.76. The van der Waals surface area contributed by atoms with Gasteiger partial charge in [0.25, 0.3) is 0 Å². The first kappa shape index (κ1) is 12.5. The first-order chi connectivity index (χ1) is 9.12. The first-order valence-electron chi connectivity index (χ1n) is 6.37. The minimum atomic E-state index is -3.76. The molecule has 98 valence electrons. The number of para-hydroxylation sites is 1. The highest BCUT2D eigenvalue weighted by Gasteiger charge is 2.34. The van der Waals surface area contributed by atoms with Crippen molar-refractivity contribution in [2.75, 3.05) is 0 Å². The monoisotopic (exact) mass is 274 g/mol. The summed E-state index contributed by atoms with van der Waals surface area (Å²) in [6, 6.07) is 13.1. The quantitative estimate of drug-likeness (QED) is 0.852. The molecule has 0 spiro atoms. The Bertz CT molecular complexity index is 679. The van der Waals surface area contributed by atoms with Gasteiger partial charge in [0, 0.05) is 11.1 Å². The zero-order valence-corrected chi connectivity index (χ0v) is 11.6. The van der Waals surface area contributed by atoms with Gasteiger partial charge in [-0.05, 0) is 24.1 Å². The van der Waals surface area contributed by atoms with Crippen LogP contribution in [0.1, 0.15) is 18.9 Å². The number of rotatable bonds is 2. The molecule has 0 bridgehead atoms. The van der Waals surface area contributed by atoms with E-state index >= 15 is 0 Å². The number of hydrogen-bond acceptors (Lipinski definition) is 2. The van der Waals surface area contributed by atoms with Gasteiger partial charge in [-0.15, -0.1) is 0 Å². The molecule has 0 aliphatic carbocycles. The summed E-state index contributed by atoms with van der Waals surface area (Å²) in [5.41, 5.74) is 2.74. The van der Waals surface area contributed by atoms with Gasteiger partial charge in [-0.3, -0.25) is 0 Å². The van der Waals surface area contributed by atoms with E-state index in [1.807, 2.05) is 24.3 Å². The number of aryl methyl sites for hydroxylation is 1. The van der Waals surface area contributed by atoms with E-state index in [-0.39, 0.29) is 0 Å². The van der Waals surface area contributed by atoms with Gasteiger partial charge in [0.1, 0.15) is 5.75 Å². The molecule has 19 heavy (non-hydrogen) atoms. The fourth-order valence-corrected chi connectivity index (χ4v) is 3.79. The number of hydrogen-bond donors (Lipinski definition) is 1. The van der Waals surface area contributed by atoms with Crippen molar-refractivity contribution in [3.63, 3.8) is 0 Å². The third kappa shape index (κ3) is 2.09. The Morgan fingerprint density at radius 1 is 1.16 bits per heavy atom. The maximum Gasteiger partial charge on any atom is 0.408 e. The van der Waals surface area contributed by atoms with E-state index < -0.39 is 7.60 Å². The minimum Gasteiger partial charge on any atom is -0.421 e. The van der Waals surface area contributed by atoms with Gasteiger partial charge in [-0.1, -0.05) is 43.7 Å². The predicted molar refractivity (Wildman–Crippen MR) is 76.0 cm³/mol. The Morgan fingerprint density at radius 2 is 1.95 bits per heavy atom. The Kier molecular flexibility index (Phi) is 2.96. The lowest BCUT2D eigenvalue weighted by Gasteiger charge is -2.25. The van der Waals surface area contributed by atoms with Crippen molar-refractivity contribution in [3.8, 4) is 16.9 Å². The van der Waals surface area contributed by atoms with Crippen molar-refractivity contribution in [1.82, 2.24) is 0 Å². The largest absolute Gasteiger partial charge is 0.421 e. The second-order valence-corrected chi connectivity index (χ2v) is 6.41. The minimum absolute atomic E-state index is 0.414. The van der Waals surface area contributed by atoms with Crippen LogP contribution in [-0.4, -0.2) is 4.89 Å². The molecule has 0 fully saturated rings. The summed E-state index contributed by atoms with van der Waals surface area (Å²) in [6.45, 7) is 2.09. The average molecular weight is 274 g/mol. The second-order valence-electron chi connectivity index (χ2n) is 4.71. The molecule has 0 saturated heterocycles. The summed E-state index contributed by atoms with van der Waals surface area (Å²) < 4.78 is 17.6. The number of benzene rings is 2.